The molecule has 158 valence electrons. The third-order valence-corrected chi connectivity index (χ3v) is 5.58. The van der Waals surface area contributed by atoms with Crippen LogP contribution in [0.15, 0.2) is 36.4 Å². The smallest absolute Gasteiger partial charge is 0.223 e. The lowest BCUT2D eigenvalue weighted by molar-refractivity contribution is -0.127. The minimum absolute atomic E-state index is 0.0164. The second kappa shape index (κ2) is 7.97. The summed E-state index contributed by atoms with van der Waals surface area (Å²) in [6, 6.07) is 9.93. The Morgan fingerprint density at radius 2 is 1.97 bits per heavy atom. The molecule has 3 aromatic rings. The molecule has 2 aromatic heterocycles. The van der Waals surface area contributed by atoms with Crippen molar-refractivity contribution in [1.29, 1.82) is 0 Å². The Hall–Kier alpha value is -3.10. The second-order valence-electron chi connectivity index (χ2n) is 8.84. The van der Waals surface area contributed by atoms with E-state index in [2.05, 4.69) is 30.8 Å². The van der Waals surface area contributed by atoms with E-state index < -0.39 is 0 Å². The molecule has 0 spiro atoms. The molecule has 1 unspecified atom stereocenters. The Kier molecular flexibility index (Phi) is 5.36. The number of hydrogen-bond acceptors (Lipinski definition) is 6. The minimum Gasteiger partial charge on any atom is -0.355 e. The summed E-state index contributed by atoms with van der Waals surface area (Å²) in [5.74, 6) is 0.427. The van der Waals surface area contributed by atoms with Gasteiger partial charge in [0.25, 0.3) is 0 Å². The highest BCUT2D eigenvalue weighted by Crippen LogP contribution is 2.34. The first-order chi connectivity index (χ1) is 14.3. The largest absolute Gasteiger partial charge is 0.355 e. The van der Waals surface area contributed by atoms with Crippen molar-refractivity contribution in [3.63, 3.8) is 0 Å². The quantitative estimate of drug-likeness (QED) is 0.710. The van der Waals surface area contributed by atoms with Crippen LogP contribution in [0.3, 0.4) is 0 Å². The lowest BCUT2D eigenvalue weighted by Gasteiger charge is -2.36. The number of amides is 1. The molecule has 0 saturated carbocycles. The molecule has 1 atom stereocenters. The number of hydrogen-bond donors (Lipinski definition) is 1. The fourth-order valence-corrected chi connectivity index (χ4v) is 3.93. The van der Waals surface area contributed by atoms with E-state index in [1.807, 2.05) is 39.0 Å². The van der Waals surface area contributed by atoms with Crippen molar-refractivity contribution in [3.8, 4) is 0 Å². The van der Waals surface area contributed by atoms with Crippen molar-refractivity contribution >= 4 is 17.4 Å². The molecule has 1 aromatic carbocycles. The van der Waals surface area contributed by atoms with E-state index in [0.717, 1.165) is 37.3 Å². The molecular formula is C21H26FN7O. The predicted molar refractivity (Wildman–Crippen MR) is 110 cm³/mol. The number of nitrogens with one attached hydrogen (secondary N) is 1. The Morgan fingerprint density at radius 3 is 2.67 bits per heavy atom. The van der Waals surface area contributed by atoms with Gasteiger partial charge in [0.2, 0.25) is 5.91 Å². The number of aromatic nitrogens is 5. The van der Waals surface area contributed by atoms with Gasteiger partial charge >= 0.3 is 0 Å². The highest BCUT2D eigenvalue weighted by molar-refractivity contribution is 5.79. The molecule has 1 aliphatic rings. The number of halogens is 1. The molecule has 9 heteroatoms. The summed E-state index contributed by atoms with van der Waals surface area (Å²) in [5.41, 5.74) is 1.14. The molecule has 1 N–H and O–H groups in total. The lowest BCUT2D eigenvalue weighted by atomic mass is 9.81. The van der Waals surface area contributed by atoms with Crippen molar-refractivity contribution in [2.24, 2.45) is 11.3 Å². The van der Waals surface area contributed by atoms with Crippen LogP contribution in [0.25, 0.3) is 5.65 Å². The van der Waals surface area contributed by atoms with Crippen molar-refractivity contribution in [2.75, 3.05) is 18.0 Å². The van der Waals surface area contributed by atoms with Gasteiger partial charge in [-0.15, -0.1) is 14.8 Å². The molecule has 8 nitrogen and oxygen atoms in total. The van der Waals surface area contributed by atoms with E-state index >= 15 is 0 Å². The van der Waals surface area contributed by atoms with Crippen molar-refractivity contribution in [1.82, 2.24) is 30.6 Å². The maximum Gasteiger partial charge on any atom is 0.223 e. The van der Waals surface area contributed by atoms with Crippen LogP contribution >= 0.6 is 0 Å². The van der Waals surface area contributed by atoms with Gasteiger partial charge < -0.3 is 10.2 Å². The van der Waals surface area contributed by atoms with Gasteiger partial charge in [0.15, 0.2) is 11.5 Å². The standard InChI is InChI=1S/C21H26FN7O/c1-21(2,3)19(15-5-4-6-16(22)13-15)23-20(30)14-9-11-28(12-10-14)18-8-7-17-24-26-27-29(17)25-18/h4-8,13-14,19H,9-12H2,1-3H3,(H,23,30). The Balaban J connectivity index is 1.41. The van der Waals surface area contributed by atoms with Gasteiger partial charge in [-0.1, -0.05) is 32.9 Å². The topological polar surface area (TPSA) is 88.3 Å². The predicted octanol–water partition coefficient (Wildman–Crippen LogP) is 2.78. The number of anilines is 1. The maximum absolute atomic E-state index is 13.8. The molecule has 3 heterocycles. The fourth-order valence-electron chi connectivity index (χ4n) is 3.93. The number of rotatable bonds is 4. The van der Waals surface area contributed by atoms with E-state index in [4.69, 9.17) is 0 Å². The summed E-state index contributed by atoms with van der Waals surface area (Å²) >= 11 is 0. The molecule has 4 rings (SSSR count). The van der Waals surface area contributed by atoms with Crippen molar-refractivity contribution in [2.45, 2.75) is 39.7 Å². The third kappa shape index (κ3) is 4.24. The number of carbonyl (C=O) groups is 1. The number of carbonyl (C=O) groups excluding carboxylic acids is 1. The van der Waals surface area contributed by atoms with Crippen LogP contribution < -0.4 is 10.2 Å². The molecule has 0 bridgehead atoms. The molecule has 0 radical (unpaired) electrons. The number of tetrazole rings is 1. The Labute approximate surface area is 174 Å². The van der Waals surface area contributed by atoms with E-state index in [1.165, 1.54) is 16.8 Å². The summed E-state index contributed by atoms with van der Waals surface area (Å²) in [6.45, 7) is 7.59. The van der Waals surface area contributed by atoms with E-state index in [9.17, 15) is 9.18 Å². The Morgan fingerprint density at radius 1 is 1.20 bits per heavy atom. The average Bonchev–Trinajstić information content (AvgIpc) is 3.19. The summed E-state index contributed by atoms with van der Waals surface area (Å²) in [6.07, 6.45) is 1.45. The zero-order valence-electron chi connectivity index (χ0n) is 17.4. The summed E-state index contributed by atoms with van der Waals surface area (Å²) in [7, 11) is 0. The van der Waals surface area contributed by atoms with Crippen LogP contribution in [-0.2, 0) is 4.79 Å². The number of benzene rings is 1. The summed E-state index contributed by atoms with van der Waals surface area (Å²) < 4.78 is 15.2. The molecular weight excluding hydrogens is 385 g/mol. The molecule has 0 aliphatic carbocycles. The van der Waals surface area contributed by atoms with Crippen molar-refractivity contribution < 1.29 is 9.18 Å². The summed E-state index contributed by atoms with van der Waals surface area (Å²) in [4.78, 5) is 15.2. The lowest BCUT2D eigenvalue weighted by Crippen LogP contribution is -2.44. The number of nitrogens with zero attached hydrogens (tertiary/aromatic N) is 6. The number of piperidine rings is 1. The first-order valence-corrected chi connectivity index (χ1v) is 10.2. The average molecular weight is 411 g/mol. The zero-order valence-corrected chi connectivity index (χ0v) is 17.4. The van der Waals surface area contributed by atoms with E-state index in [0.29, 0.717) is 5.65 Å². The van der Waals surface area contributed by atoms with Gasteiger partial charge in [-0.05, 0) is 58.5 Å². The first kappa shape index (κ1) is 20.2. The van der Waals surface area contributed by atoms with E-state index in [-0.39, 0.29) is 29.1 Å². The van der Waals surface area contributed by atoms with Gasteiger partial charge in [-0.2, -0.15) is 0 Å². The monoisotopic (exact) mass is 411 g/mol. The van der Waals surface area contributed by atoms with Crippen LogP contribution in [0.1, 0.15) is 45.2 Å². The highest BCUT2D eigenvalue weighted by Gasteiger charge is 2.32. The van der Waals surface area contributed by atoms with Crippen LogP contribution in [0.5, 0.6) is 0 Å². The SMILES string of the molecule is CC(C)(C)C(NC(=O)C1CCN(c2ccc3nnnn3n2)CC1)c1cccc(F)c1. The normalized spacial score (nSPS) is 16.6. The number of fused-ring (bicyclic) bond motifs is 1. The van der Waals surface area contributed by atoms with Crippen molar-refractivity contribution in [3.05, 3.63) is 47.8 Å². The molecule has 1 amide bonds. The zero-order chi connectivity index (χ0) is 21.3. The maximum atomic E-state index is 13.8. The first-order valence-electron chi connectivity index (χ1n) is 10.2. The van der Waals surface area contributed by atoms with Gasteiger partial charge in [-0.3, -0.25) is 4.79 Å². The molecule has 1 saturated heterocycles. The fraction of sp³-hybridized carbons (Fsp3) is 0.476. The van der Waals surface area contributed by atoms with Gasteiger partial charge in [0.05, 0.1) is 6.04 Å². The third-order valence-electron chi connectivity index (χ3n) is 5.58. The van der Waals surface area contributed by atoms with Gasteiger partial charge in [-0.25, -0.2) is 4.39 Å². The van der Waals surface area contributed by atoms with Crippen LogP contribution in [0, 0.1) is 17.2 Å². The van der Waals surface area contributed by atoms with Crippen LogP contribution in [0.4, 0.5) is 10.2 Å². The Bertz CT molecular complexity index is 1040. The second-order valence-corrected chi connectivity index (χ2v) is 8.84. The van der Waals surface area contributed by atoms with E-state index in [1.54, 1.807) is 6.07 Å². The summed E-state index contributed by atoms with van der Waals surface area (Å²) in [5, 5.41) is 18.9. The minimum atomic E-state index is -0.295. The molecule has 1 aliphatic heterocycles. The molecule has 30 heavy (non-hydrogen) atoms. The van der Waals surface area contributed by atoms with Gasteiger partial charge in [0.1, 0.15) is 5.82 Å². The van der Waals surface area contributed by atoms with Crippen LogP contribution in [-0.4, -0.2) is 44.3 Å². The molecule has 1 fully saturated rings. The highest BCUT2D eigenvalue weighted by atomic mass is 19.1. The van der Waals surface area contributed by atoms with Gasteiger partial charge in [0, 0.05) is 19.0 Å². The van der Waals surface area contributed by atoms with Crippen LogP contribution in [0.2, 0.25) is 0 Å².